The van der Waals surface area contributed by atoms with Crippen LogP contribution in [0.3, 0.4) is 0 Å². The van der Waals surface area contributed by atoms with Crippen molar-refractivity contribution in [3.8, 4) is 0 Å². The molecule has 0 radical (unpaired) electrons. The number of pyridine rings is 1. The van der Waals surface area contributed by atoms with Crippen molar-refractivity contribution in [1.29, 1.82) is 0 Å². The zero-order chi connectivity index (χ0) is 17.1. The van der Waals surface area contributed by atoms with E-state index in [9.17, 15) is 4.79 Å². The van der Waals surface area contributed by atoms with Gasteiger partial charge in [0.2, 0.25) is 0 Å². The molecular weight excluding hydrogens is 304 g/mol. The predicted octanol–water partition coefficient (Wildman–Crippen LogP) is 3.15. The summed E-state index contributed by atoms with van der Waals surface area (Å²) >= 11 is 0. The van der Waals surface area contributed by atoms with E-state index in [-0.39, 0.29) is 11.4 Å². The topological polar surface area (TPSA) is 60.2 Å². The van der Waals surface area contributed by atoms with Crippen molar-refractivity contribution in [2.24, 2.45) is 0 Å². The number of carbonyl (C=O) groups excluding carboxylic acids is 1. The minimum atomic E-state index is -0.188. The molecule has 0 unspecified atom stereocenters. The number of nitrogens with zero attached hydrogens (tertiary/aromatic N) is 4. The van der Waals surface area contributed by atoms with Crippen LogP contribution in [0.5, 0.6) is 0 Å². The Bertz CT molecular complexity index is 809. The van der Waals surface area contributed by atoms with Crippen LogP contribution in [0.4, 0.5) is 0 Å². The Kier molecular flexibility index (Phi) is 3.42. The highest BCUT2D eigenvalue weighted by Crippen LogP contribution is 2.41. The third-order valence-corrected chi connectivity index (χ3v) is 4.67. The molecule has 0 bridgehead atoms. The molecule has 2 aromatic heterocycles. The van der Waals surface area contributed by atoms with Crippen LogP contribution in [0, 0.1) is 6.92 Å². The smallest absolute Gasteiger partial charge is 0.271 e. The van der Waals surface area contributed by atoms with Gasteiger partial charge in [0.1, 0.15) is 0 Å². The Morgan fingerprint density at radius 2 is 2.08 bits per heavy atom. The first-order valence-corrected chi connectivity index (χ1v) is 8.72. The zero-order valence-electron chi connectivity index (χ0n) is 14.8. The van der Waals surface area contributed by atoms with E-state index in [1.165, 1.54) is 5.06 Å². The lowest BCUT2D eigenvalue weighted by molar-refractivity contribution is -0.0767. The van der Waals surface area contributed by atoms with Crippen molar-refractivity contribution in [3.63, 3.8) is 0 Å². The molecule has 1 aliphatic carbocycles. The van der Waals surface area contributed by atoms with Crippen molar-refractivity contribution in [2.45, 2.75) is 58.4 Å². The molecule has 6 nitrogen and oxygen atoms in total. The summed E-state index contributed by atoms with van der Waals surface area (Å²) in [6, 6.07) is 1.96. The largest absolute Gasteiger partial charge is 0.278 e. The first kappa shape index (κ1) is 15.6. The van der Waals surface area contributed by atoms with E-state index in [1.54, 1.807) is 0 Å². The van der Waals surface area contributed by atoms with Crippen LogP contribution in [0.1, 0.15) is 67.7 Å². The van der Waals surface area contributed by atoms with Gasteiger partial charge in [-0.05, 0) is 53.0 Å². The van der Waals surface area contributed by atoms with Crippen LogP contribution in [-0.2, 0) is 10.4 Å². The molecule has 2 aliphatic rings. The van der Waals surface area contributed by atoms with Crippen molar-refractivity contribution in [1.82, 2.24) is 19.8 Å². The van der Waals surface area contributed by atoms with E-state index in [4.69, 9.17) is 14.9 Å². The summed E-state index contributed by atoms with van der Waals surface area (Å²) in [6.07, 6.45) is 3.18. The van der Waals surface area contributed by atoms with Crippen LogP contribution in [-0.4, -0.2) is 38.9 Å². The number of aromatic nitrogens is 3. The molecule has 1 saturated heterocycles. The molecule has 0 spiro atoms. The maximum absolute atomic E-state index is 13.0. The number of rotatable bonds is 2. The number of fused-ring (bicyclic) bond motifs is 1. The Morgan fingerprint density at radius 1 is 1.33 bits per heavy atom. The molecule has 0 atom stereocenters. The van der Waals surface area contributed by atoms with Crippen molar-refractivity contribution in [2.75, 3.05) is 13.2 Å². The monoisotopic (exact) mass is 328 g/mol. The zero-order valence-corrected chi connectivity index (χ0v) is 14.8. The fourth-order valence-corrected chi connectivity index (χ4v) is 3.27. The predicted molar refractivity (Wildman–Crippen MR) is 90.8 cm³/mol. The summed E-state index contributed by atoms with van der Waals surface area (Å²) in [5.41, 5.74) is 3.16. The molecule has 1 saturated carbocycles. The van der Waals surface area contributed by atoms with Gasteiger partial charge >= 0.3 is 0 Å². The highest BCUT2D eigenvalue weighted by Gasteiger charge is 2.32. The first-order chi connectivity index (χ1) is 11.4. The highest BCUT2D eigenvalue weighted by atomic mass is 16.7. The van der Waals surface area contributed by atoms with Crippen LogP contribution in [0.2, 0.25) is 0 Å². The summed E-state index contributed by atoms with van der Waals surface area (Å²) < 4.78 is 1.95. The SMILES string of the molecule is Cc1nn(C(C)(C)C)c2nc(C3CC3)cc(C(=O)N3CCCO3)c12. The Labute approximate surface area is 141 Å². The highest BCUT2D eigenvalue weighted by molar-refractivity contribution is 6.06. The third-order valence-electron chi connectivity index (χ3n) is 4.67. The number of hydroxylamine groups is 2. The second-order valence-corrected chi connectivity index (χ2v) is 7.83. The van der Waals surface area contributed by atoms with Gasteiger partial charge < -0.3 is 0 Å². The van der Waals surface area contributed by atoms with E-state index in [1.807, 2.05) is 17.7 Å². The lowest BCUT2D eigenvalue weighted by Crippen LogP contribution is -2.27. The second kappa shape index (κ2) is 5.28. The fraction of sp³-hybridized carbons (Fsp3) is 0.611. The average Bonchev–Trinajstić information content (AvgIpc) is 3.11. The van der Waals surface area contributed by atoms with Crippen LogP contribution in [0.25, 0.3) is 11.0 Å². The number of carbonyl (C=O) groups is 1. The lowest BCUT2D eigenvalue weighted by atomic mass is 10.1. The van der Waals surface area contributed by atoms with E-state index in [0.717, 1.165) is 41.7 Å². The number of aryl methyl sites for hydroxylation is 1. The van der Waals surface area contributed by atoms with E-state index in [0.29, 0.717) is 24.6 Å². The number of hydrogen-bond donors (Lipinski definition) is 0. The summed E-state index contributed by atoms with van der Waals surface area (Å²) in [7, 11) is 0. The Hall–Kier alpha value is -1.95. The quantitative estimate of drug-likeness (QED) is 0.850. The van der Waals surface area contributed by atoms with Gasteiger partial charge in [-0.25, -0.2) is 14.7 Å². The summed E-state index contributed by atoms with van der Waals surface area (Å²) in [5.74, 6) is 0.405. The van der Waals surface area contributed by atoms with Crippen molar-refractivity contribution in [3.05, 3.63) is 23.0 Å². The van der Waals surface area contributed by atoms with Gasteiger partial charge in [0.25, 0.3) is 5.91 Å². The van der Waals surface area contributed by atoms with E-state index >= 15 is 0 Å². The summed E-state index contributed by atoms with van der Waals surface area (Å²) in [4.78, 5) is 23.4. The second-order valence-electron chi connectivity index (χ2n) is 7.83. The molecule has 0 aromatic carbocycles. The fourth-order valence-electron chi connectivity index (χ4n) is 3.27. The number of amides is 1. The maximum atomic E-state index is 13.0. The number of hydrogen-bond acceptors (Lipinski definition) is 4. The van der Waals surface area contributed by atoms with Gasteiger partial charge in [-0.3, -0.25) is 9.63 Å². The summed E-state index contributed by atoms with van der Waals surface area (Å²) in [6.45, 7) is 9.52. The van der Waals surface area contributed by atoms with Crippen LogP contribution in [0.15, 0.2) is 6.07 Å². The maximum Gasteiger partial charge on any atom is 0.278 e. The van der Waals surface area contributed by atoms with Gasteiger partial charge in [-0.1, -0.05) is 0 Å². The van der Waals surface area contributed by atoms with Crippen LogP contribution < -0.4 is 0 Å². The van der Waals surface area contributed by atoms with Gasteiger partial charge in [0.05, 0.1) is 35.3 Å². The molecule has 24 heavy (non-hydrogen) atoms. The summed E-state index contributed by atoms with van der Waals surface area (Å²) in [5, 5.41) is 7.04. The molecule has 2 aromatic rings. The molecule has 0 N–H and O–H groups in total. The normalized spacial score (nSPS) is 18.6. The first-order valence-electron chi connectivity index (χ1n) is 8.72. The third kappa shape index (κ3) is 2.49. The minimum absolute atomic E-state index is 0.0710. The van der Waals surface area contributed by atoms with E-state index in [2.05, 4.69) is 20.8 Å². The van der Waals surface area contributed by atoms with Gasteiger partial charge in [0.15, 0.2) is 5.65 Å². The van der Waals surface area contributed by atoms with E-state index < -0.39 is 0 Å². The minimum Gasteiger partial charge on any atom is -0.271 e. The average molecular weight is 328 g/mol. The standard InChI is InChI=1S/C18H24N4O2/c1-11-15-13(17(23)21-8-5-9-24-21)10-14(12-6-7-12)19-16(15)22(20-11)18(2,3)4/h10,12H,5-9H2,1-4H3. The van der Waals surface area contributed by atoms with Gasteiger partial charge in [-0.2, -0.15) is 5.10 Å². The van der Waals surface area contributed by atoms with Crippen molar-refractivity contribution < 1.29 is 9.63 Å². The van der Waals surface area contributed by atoms with Gasteiger partial charge in [-0.15, -0.1) is 0 Å². The molecule has 2 fully saturated rings. The van der Waals surface area contributed by atoms with Crippen LogP contribution >= 0.6 is 0 Å². The molecule has 3 heterocycles. The molecule has 128 valence electrons. The van der Waals surface area contributed by atoms with Crippen molar-refractivity contribution >= 4 is 16.9 Å². The molecule has 6 heteroatoms. The molecule has 1 amide bonds. The molecule has 1 aliphatic heterocycles. The Balaban J connectivity index is 1.94. The van der Waals surface area contributed by atoms with Gasteiger partial charge in [0, 0.05) is 11.6 Å². The molecular formula is C18H24N4O2. The lowest BCUT2D eigenvalue weighted by Gasteiger charge is -2.20. The molecule has 4 rings (SSSR count). The Morgan fingerprint density at radius 3 is 2.67 bits per heavy atom.